The number of methoxy groups -OCH3 is 1. The summed E-state index contributed by atoms with van der Waals surface area (Å²) in [5, 5.41) is 1.47. The summed E-state index contributed by atoms with van der Waals surface area (Å²) in [7, 11) is 0.484. The lowest BCUT2D eigenvalue weighted by Crippen LogP contribution is -2.22. The van der Waals surface area contributed by atoms with Crippen molar-refractivity contribution in [2.45, 2.75) is 32.4 Å². The van der Waals surface area contributed by atoms with Gasteiger partial charge in [0, 0.05) is 49.8 Å². The quantitative estimate of drug-likeness (QED) is 0.323. The minimum atomic E-state index is -1.13. The number of halogens is 2. The molecule has 0 fully saturated rings. The average Bonchev–Trinajstić information content (AvgIpc) is 3.00. The van der Waals surface area contributed by atoms with Gasteiger partial charge in [-0.2, -0.15) is 0 Å². The Balaban J connectivity index is 2.02. The first-order valence-electron chi connectivity index (χ1n) is 8.72. The van der Waals surface area contributed by atoms with Gasteiger partial charge in [-0.05, 0) is 34.1 Å². The fraction of sp³-hybridized carbons (Fsp3) is 0.368. The molecule has 0 bridgehead atoms. The molecule has 3 heterocycles. The summed E-state index contributed by atoms with van der Waals surface area (Å²) in [6.07, 6.45) is 5.42. The molecule has 3 aromatic rings. The maximum atomic E-state index is 6.61. The van der Waals surface area contributed by atoms with E-state index in [2.05, 4.69) is 45.5 Å². The average molecular weight is 469 g/mol. The second kappa shape index (κ2) is 8.30. The number of aromatic nitrogens is 3. The van der Waals surface area contributed by atoms with Crippen LogP contribution in [0.4, 0.5) is 0 Å². The molecule has 0 saturated carbocycles. The molecule has 0 aromatic carbocycles. The van der Waals surface area contributed by atoms with E-state index in [1.54, 1.807) is 19.5 Å². The van der Waals surface area contributed by atoms with Crippen LogP contribution in [0.2, 0.25) is 30.7 Å². The van der Waals surface area contributed by atoms with Crippen molar-refractivity contribution in [3.8, 4) is 17.0 Å². The van der Waals surface area contributed by atoms with Gasteiger partial charge in [-0.25, -0.2) is 9.97 Å². The van der Waals surface area contributed by atoms with Gasteiger partial charge in [0.25, 0.3) is 0 Å². The fourth-order valence-corrected chi connectivity index (χ4v) is 4.09. The molecule has 0 aliphatic carbocycles. The Kier molecular flexibility index (Phi) is 6.25. The van der Waals surface area contributed by atoms with Crippen LogP contribution in [-0.2, 0) is 11.5 Å². The number of hydrogen-bond acceptors (Lipinski definition) is 4. The highest BCUT2D eigenvalue weighted by Gasteiger charge is 2.20. The molecule has 144 valence electrons. The van der Waals surface area contributed by atoms with E-state index in [-0.39, 0.29) is 0 Å². The SMILES string of the molecule is COc1ncccc1-c1cn(COCC[Si](C)(C)C)c2ncc(Br)c(Cl)c12. The summed E-state index contributed by atoms with van der Waals surface area (Å²) in [4.78, 5) is 8.88. The number of fused-ring (bicyclic) bond motifs is 1. The second-order valence-corrected chi connectivity index (χ2v) is 14.4. The first kappa shape index (κ1) is 20.3. The monoisotopic (exact) mass is 467 g/mol. The lowest BCUT2D eigenvalue weighted by atomic mass is 10.1. The van der Waals surface area contributed by atoms with Crippen LogP contribution in [-0.4, -0.2) is 36.3 Å². The number of nitrogens with zero attached hydrogens (tertiary/aromatic N) is 3. The molecule has 0 spiro atoms. The lowest BCUT2D eigenvalue weighted by Gasteiger charge is -2.15. The third-order valence-electron chi connectivity index (χ3n) is 4.26. The van der Waals surface area contributed by atoms with Crippen molar-refractivity contribution >= 4 is 46.6 Å². The van der Waals surface area contributed by atoms with Gasteiger partial charge in [-0.1, -0.05) is 31.2 Å². The molecule has 27 heavy (non-hydrogen) atoms. The molecule has 0 amide bonds. The molecule has 3 rings (SSSR count). The summed E-state index contributed by atoms with van der Waals surface area (Å²) in [6.45, 7) is 8.19. The van der Waals surface area contributed by atoms with Gasteiger partial charge in [0.15, 0.2) is 0 Å². The van der Waals surface area contributed by atoms with E-state index in [1.165, 1.54) is 0 Å². The normalized spacial score (nSPS) is 11.9. The van der Waals surface area contributed by atoms with E-state index < -0.39 is 8.07 Å². The van der Waals surface area contributed by atoms with Crippen LogP contribution in [0.3, 0.4) is 0 Å². The predicted octanol–water partition coefficient (Wildman–Crippen LogP) is 5.84. The van der Waals surface area contributed by atoms with Crippen LogP contribution in [0, 0.1) is 0 Å². The van der Waals surface area contributed by atoms with Crippen molar-refractivity contribution in [2.24, 2.45) is 0 Å². The molecule has 3 aromatic heterocycles. The topological polar surface area (TPSA) is 49.2 Å². The molecule has 0 saturated heterocycles. The maximum Gasteiger partial charge on any atom is 0.221 e. The predicted molar refractivity (Wildman–Crippen MR) is 116 cm³/mol. The van der Waals surface area contributed by atoms with Crippen molar-refractivity contribution in [2.75, 3.05) is 13.7 Å². The zero-order chi connectivity index (χ0) is 19.6. The van der Waals surface area contributed by atoms with Gasteiger partial charge in [-0.3, -0.25) is 0 Å². The van der Waals surface area contributed by atoms with E-state index in [1.807, 2.05) is 22.9 Å². The van der Waals surface area contributed by atoms with Crippen LogP contribution < -0.4 is 4.74 Å². The molecule has 0 radical (unpaired) electrons. The van der Waals surface area contributed by atoms with Crippen molar-refractivity contribution in [1.82, 2.24) is 14.5 Å². The number of rotatable bonds is 7. The third kappa shape index (κ3) is 4.54. The van der Waals surface area contributed by atoms with Gasteiger partial charge >= 0.3 is 0 Å². The van der Waals surface area contributed by atoms with Gasteiger partial charge < -0.3 is 14.0 Å². The van der Waals surface area contributed by atoms with Gasteiger partial charge in [0.05, 0.1) is 16.6 Å². The van der Waals surface area contributed by atoms with Crippen LogP contribution in [0.15, 0.2) is 35.2 Å². The second-order valence-electron chi connectivity index (χ2n) is 7.54. The van der Waals surface area contributed by atoms with E-state index in [9.17, 15) is 0 Å². The Morgan fingerprint density at radius 1 is 1.22 bits per heavy atom. The van der Waals surface area contributed by atoms with Crippen molar-refractivity contribution in [3.05, 3.63) is 40.2 Å². The third-order valence-corrected chi connectivity index (χ3v) is 7.19. The van der Waals surface area contributed by atoms with Crippen molar-refractivity contribution in [1.29, 1.82) is 0 Å². The molecular weight excluding hydrogens is 446 g/mol. The zero-order valence-corrected chi connectivity index (χ0v) is 19.3. The molecule has 0 aliphatic rings. The van der Waals surface area contributed by atoms with E-state index in [0.29, 0.717) is 17.6 Å². The number of ether oxygens (including phenoxy) is 2. The van der Waals surface area contributed by atoms with Gasteiger partial charge in [0.2, 0.25) is 5.88 Å². The lowest BCUT2D eigenvalue weighted by molar-refractivity contribution is 0.0899. The maximum absolute atomic E-state index is 6.61. The summed E-state index contributed by atoms with van der Waals surface area (Å²) in [6, 6.07) is 4.97. The van der Waals surface area contributed by atoms with E-state index in [4.69, 9.17) is 21.1 Å². The molecule has 0 N–H and O–H groups in total. The Hall–Kier alpha value is -1.41. The van der Waals surface area contributed by atoms with Crippen LogP contribution in [0.5, 0.6) is 5.88 Å². The molecular formula is C19H23BrClN3O2Si. The summed E-state index contributed by atoms with van der Waals surface area (Å²) in [5.41, 5.74) is 2.56. The largest absolute Gasteiger partial charge is 0.481 e. The molecule has 5 nitrogen and oxygen atoms in total. The van der Waals surface area contributed by atoms with Crippen molar-refractivity contribution < 1.29 is 9.47 Å². The van der Waals surface area contributed by atoms with Crippen LogP contribution in [0.25, 0.3) is 22.2 Å². The van der Waals surface area contributed by atoms with E-state index in [0.717, 1.165) is 39.3 Å². The minimum Gasteiger partial charge on any atom is -0.481 e. The first-order valence-corrected chi connectivity index (χ1v) is 13.6. The fourth-order valence-electron chi connectivity index (χ4n) is 2.80. The number of hydrogen-bond donors (Lipinski definition) is 0. The van der Waals surface area contributed by atoms with Gasteiger partial charge in [0.1, 0.15) is 12.4 Å². The Morgan fingerprint density at radius 3 is 2.70 bits per heavy atom. The highest BCUT2D eigenvalue weighted by Crippen LogP contribution is 2.40. The summed E-state index contributed by atoms with van der Waals surface area (Å²) in [5.74, 6) is 0.548. The Bertz CT molecular complexity index is 956. The molecule has 8 heteroatoms. The Labute approximate surface area is 173 Å². The zero-order valence-electron chi connectivity index (χ0n) is 15.9. The Morgan fingerprint density at radius 2 is 2.00 bits per heavy atom. The highest BCUT2D eigenvalue weighted by molar-refractivity contribution is 9.10. The summed E-state index contributed by atoms with van der Waals surface area (Å²) >= 11 is 10.1. The van der Waals surface area contributed by atoms with Crippen molar-refractivity contribution in [3.63, 3.8) is 0 Å². The smallest absolute Gasteiger partial charge is 0.221 e. The molecule has 0 aliphatic heterocycles. The van der Waals surface area contributed by atoms with Crippen LogP contribution in [0.1, 0.15) is 0 Å². The minimum absolute atomic E-state index is 0.425. The molecule has 0 unspecified atom stereocenters. The molecule has 0 atom stereocenters. The number of pyridine rings is 2. The van der Waals surface area contributed by atoms with E-state index >= 15 is 0 Å². The van der Waals surface area contributed by atoms with Gasteiger partial charge in [-0.15, -0.1) is 0 Å². The first-order chi connectivity index (χ1) is 12.8. The van der Waals surface area contributed by atoms with Crippen LogP contribution >= 0.6 is 27.5 Å². The summed E-state index contributed by atoms with van der Waals surface area (Å²) < 4.78 is 14.1. The highest BCUT2D eigenvalue weighted by atomic mass is 79.9. The standard InChI is InChI=1S/C19H23BrClN3O2Si/c1-25-19-13(6-5-7-22-19)14-11-24(12-26-8-9-27(2,3)4)18-16(14)17(21)15(20)10-23-18/h5-7,10-11H,8-9,12H2,1-4H3.